The zero-order valence-corrected chi connectivity index (χ0v) is 13.2. The van der Waals surface area contributed by atoms with Crippen LogP contribution >= 0.6 is 11.3 Å². The third-order valence-electron chi connectivity index (χ3n) is 3.75. The smallest absolute Gasteiger partial charge is 0.128 e. The minimum atomic E-state index is 0.738. The Hall–Kier alpha value is -1.43. The molecule has 2 aromatic heterocycles. The third kappa shape index (κ3) is 3.61. The number of fused-ring (bicyclic) bond motifs is 1. The highest BCUT2D eigenvalue weighted by Gasteiger charge is 2.17. The lowest BCUT2D eigenvalue weighted by Gasteiger charge is -2.28. The van der Waals surface area contributed by atoms with E-state index in [-0.39, 0.29) is 0 Å². The Morgan fingerprint density at radius 3 is 3.14 bits per heavy atom. The highest BCUT2D eigenvalue weighted by molar-refractivity contribution is 7.10. The molecule has 0 saturated carbocycles. The molecule has 4 nitrogen and oxygen atoms in total. The third-order valence-corrected chi connectivity index (χ3v) is 4.78. The summed E-state index contributed by atoms with van der Waals surface area (Å²) >= 11 is 1.87. The zero-order chi connectivity index (χ0) is 14.5. The zero-order valence-electron chi connectivity index (χ0n) is 12.3. The van der Waals surface area contributed by atoms with E-state index in [1.807, 2.05) is 17.5 Å². The Balaban J connectivity index is 1.57. The first-order chi connectivity index (χ1) is 10.4. The van der Waals surface area contributed by atoms with E-state index < -0.39 is 0 Å². The van der Waals surface area contributed by atoms with Gasteiger partial charge in [-0.25, -0.2) is 4.98 Å². The van der Waals surface area contributed by atoms with Gasteiger partial charge >= 0.3 is 0 Å². The number of nitrogens with zero attached hydrogens (tertiary/aromatic N) is 2. The minimum absolute atomic E-state index is 0.738. The van der Waals surface area contributed by atoms with Crippen molar-refractivity contribution in [2.75, 3.05) is 31.7 Å². The van der Waals surface area contributed by atoms with Crippen molar-refractivity contribution < 1.29 is 4.74 Å². The molecule has 3 rings (SSSR count). The van der Waals surface area contributed by atoms with Gasteiger partial charge in [-0.05, 0) is 35.1 Å². The number of rotatable bonds is 6. The Labute approximate surface area is 129 Å². The van der Waals surface area contributed by atoms with E-state index in [4.69, 9.17) is 4.74 Å². The molecule has 2 aromatic rings. The van der Waals surface area contributed by atoms with Crippen molar-refractivity contribution >= 4 is 17.2 Å². The first kappa shape index (κ1) is 14.5. The van der Waals surface area contributed by atoms with E-state index in [0.29, 0.717) is 0 Å². The van der Waals surface area contributed by atoms with E-state index in [0.717, 1.165) is 45.0 Å². The van der Waals surface area contributed by atoms with Crippen LogP contribution in [0.2, 0.25) is 0 Å². The van der Waals surface area contributed by atoms with Crippen molar-refractivity contribution in [2.24, 2.45) is 0 Å². The van der Waals surface area contributed by atoms with Gasteiger partial charge in [0.25, 0.3) is 0 Å². The van der Waals surface area contributed by atoms with Gasteiger partial charge in [0.05, 0.1) is 6.61 Å². The molecule has 1 N–H and O–H groups in total. The SMILES string of the molecule is COCCNCc1ccc(N2CCc3sccc3C2)nc1. The van der Waals surface area contributed by atoms with E-state index in [2.05, 4.69) is 38.8 Å². The average Bonchev–Trinajstić information content (AvgIpc) is 3.00. The number of pyridine rings is 1. The van der Waals surface area contributed by atoms with Gasteiger partial charge in [0.1, 0.15) is 5.82 Å². The van der Waals surface area contributed by atoms with Crippen molar-refractivity contribution in [1.82, 2.24) is 10.3 Å². The predicted octanol–water partition coefficient (Wildman–Crippen LogP) is 2.44. The van der Waals surface area contributed by atoms with Gasteiger partial charge in [-0.2, -0.15) is 0 Å². The molecule has 21 heavy (non-hydrogen) atoms. The maximum Gasteiger partial charge on any atom is 0.128 e. The quantitative estimate of drug-likeness (QED) is 0.832. The van der Waals surface area contributed by atoms with Gasteiger partial charge in [0, 0.05) is 44.4 Å². The molecule has 112 valence electrons. The minimum Gasteiger partial charge on any atom is -0.383 e. The topological polar surface area (TPSA) is 37.4 Å². The van der Waals surface area contributed by atoms with Gasteiger partial charge in [-0.1, -0.05) is 6.07 Å². The molecule has 3 heterocycles. The van der Waals surface area contributed by atoms with Crippen LogP contribution < -0.4 is 10.2 Å². The summed E-state index contributed by atoms with van der Waals surface area (Å²) in [7, 11) is 1.72. The number of anilines is 1. The molecule has 0 fully saturated rings. The fourth-order valence-corrected chi connectivity index (χ4v) is 3.45. The van der Waals surface area contributed by atoms with Gasteiger partial charge < -0.3 is 15.0 Å². The van der Waals surface area contributed by atoms with Crippen LogP contribution in [0.3, 0.4) is 0 Å². The number of thiophene rings is 1. The van der Waals surface area contributed by atoms with Crippen LogP contribution in [0.5, 0.6) is 0 Å². The maximum atomic E-state index is 5.02. The molecular weight excluding hydrogens is 282 g/mol. The number of nitrogens with one attached hydrogen (secondary N) is 1. The lowest BCUT2D eigenvalue weighted by molar-refractivity contribution is 0.199. The average molecular weight is 303 g/mol. The fourth-order valence-electron chi connectivity index (χ4n) is 2.56. The molecule has 0 spiro atoms. The Morgan fingerprint density at radius 2 is 2.33 bits per heavy atom. The Morgan fingerprint density at radius 1 is 1.38 bits per heavy atom. The molecule has 0 atom stereocenters. The molecule has 0 amide bonds. The van der Waals surface area contributed by atoms with Gasteiger partial charge in [-0.15, -0.1) is 11.3 Å². The molecule has 5 heteroatoms. The summed E-state index contributed by atoms with van der Waals surface area (Å²) in [4.78, 5) is 8.51. The predicted molar refractivity (Wildman–Crippen MR) is 86.9 cm³/mol. The second-order valence-corrected chi connectivity index (χ2v) is 6.24. The van der Waals surface area contributed by atoms with Crippen LogP contribution in [0.15, 0.2) is 29.8 Å². The highest BCUT2D eigenvalue weighted by Crippen LogP contribution is 2.26. The van der Waals surface area contributed by atoms with Crippen LogP contribution in [0, 0.1) is 0 Å². The molecule has 1 aliphatic rings. The summed E-state index contributed by atoms with van der Waals surface area (Å²) in [5, 5.41) is 5.52. The van der Waals surface area contributed by atoms with Crippen LogP contribution in [-0.2, 0) is 24.2 Å². The maximum absolute atomic E-state index is 5.02. The summed E-state index contributed by atoms with van der Waals surface area (Å²) in [6.45, 7) is 4.49. The van der Waals surface area contributed by atoms with Crippen molar-refractivity contribution in [3.63, 3.8) is 0 Å². The van der Waals surface area contributed by atoms with Crippen molar-refractivity contribution in [1.29, 1.82) is 0 Å². The Kier molecular flexibility index (Phi) is 4.85. The number of aromatic nitrogens is 1. The molecule has 0 saturated heterocycles. The van der Waals surface area contributed by atoms with Crippen molar-refractivity contribution in [3.8, 4) is 0 Å². The molecular formula is C16H21N3OS. The molecule has 1 aliphatic heterocycles. The van der Waals surface area contributed by atoms with Crippen molar-refractivity contribution in [2.45, 2.75) is 19.5 Å². The van der Waals surface area contributed by atoms with E-state index in [1.165, 1.54) is 16.0 Å². The van der Waals surface area contributed by atoms with Gasteiger partial charge in [0.15, 0.2) is 0 Å². The second kappa shape index (κ2) is 7.02. The lowest BCUT2D eigenvalue weighted by Crippen LogP contribution is -2.30. The van der Waals surface area contributed by atoms with Crippen LogP contribution in [0.1, 0.15) is 16.0 Å². The normalized spacial score (nSPS) is 14.2. The fraction of sp³-hybridized carbons (Fsp3) is 0.438. The summed E-state index contributed by atoms with van der Waals surface area (Å²) < 4.78 is 5.02. The van der Waals surface area contributed by atoms with Crippen LogP contribution in [0.4, 0.5) is 5.82 Å². The summed E-state index contributed by atoms with van der Waals surface area (Å²) in [5.41, 5.74) is 2.67. The number of hydrogen-bond acceptors (Lipinski definition) is 5. The lowest BCUT2D eigenvalue weighted by atomic mass is 10.1. The number of ether oxygens (including phenoxy) is 1. The standard InChI is InChI=1S/C16H21N3OS/c1-20-8-6-17-10-13-2-3-16(18-11-13)19-7-4-15-14(12-19)5-9-21-15/h2-3,5,9,11,17H,4,6-8,10,12H2,1H3. The summed E-state index contributed by atoms with van der Waals surface area (Å²) in [5.74, 6) is 1.08. The Bertz CT molecular complexity index is 567. The summed E-state index contributed by atoms with van der Waals surface area (Å²) in [6, 6.07) is 6.52. The van der Waals surface area contributed by atoms with Crippen LogP contribution in [-0.4, -0.2) is 31.8 Å². The monoisotopic (exact) mass is 303 g/mol. The molecule has 0 aromatic carbocycles. The number of hydrogen-bond donors (Lipinski definition) is 1. The molecule has 0 bridgehead atoms. The van der Waals surface area contributed by atoms with E-state index >= 15 is 0 Å². The molecule has 0 aliphatic carbocycles. The molecule has 0 radical (unpaired) electrons. The highest BCUT2D eigenvalue weighted by atomic mass is 32.1. The van der Waals surface area contributed by atoms with E-state index in [9.17, 15) is 0 Å². The first-order valence-corrected chi connectivity index (χ1v) is 8.19. The van der Waals surface area contributed by atoms with Crippen LogP contribution in [0.25, 0.3) is 0 Å². The van der Waals surface area contributed by atoms with Crippen molar-refractivity contribution in [3.05, 3.63) is 45.8 Å². The van der Waals surface area contributed by atoms with E-state index in [1.54, 1.807) is 7.11 Å². The first-order valence-electron chi connectivity index (χ1n) is 7.31. The molecule has 0 unspecified atom stereocenters. The number of methoxy groups -OCH3 is 1. The van der Waals surface area contributed by atoms with Gasteiger partial charge in [-0.3, -0.25) is 0 Å². The largest absolute Gasteiger partial charge is 0.383 e. The second-order valence-electron chi connectivity index (χ2n) is 5.23. The summed E-state index contributed by atoms with van der Waals surface area (Å²) in [6.07, 6.45) is 3.10. The van der Waals surface area contributed by atoms with Gasteiger partial charge in [0.2, 0.25) is 0 Å².